The molecule has 0 spiro atoms. The first-order chi connectivity index (χ1) is 10.4. The first kappa shape index (κ1) is 17.2. The number of esters is 1. The summed E-state index contributed by atoms with van der Waals surface area (Å²) in [5.74, 6) is -0.785. The highest BCUT2D eigenvalue weighted by atomic mass is 35.5. The van der Waals surface area contributed by atoms with Gasteiger partial charge in [0.2, 0.25) is 0 Å². The molecule has 1 aromatic rings. The Morgan fingerprint density at radius 2 is 1.86 bits per heavy atom. The molecule has 120 valence electrons. The second-order valence-corrected chi connectivity index (χ2v) is 6.12. The largest absolute Gasteiger partial charge is 0.480 e. The van der Waals surface area contributed by atoms with Gasteiger partial charge < -0.3 is 14.8 Å². The van der Waals surface area contributed by atoms with Gasteiger partial charge in [-0.25, -0.2) is 4.79 Å². The molecule has 1 aliphatic rings. The number of carbonyl (C=O) groups is 2. The van der Waals surface area contributed by atoms with Crippen molar-refractivity contribution in [1.82, 2.24) is 5.32 Å². The van der Waals surface area contributed by atoms with Crippen molar-refractivity contribution >= 4 is 46.7 Å². The average Bonchev–Trinajstić information content (AvgIpc) is 3.25. The van der Waals surface area contributed by atoms with Crippen molar-refractivity contribution in [3.8, 4) is 5.75 Å². The van der Waals surface area contributed by atoms with E-state index in [1.165, 1.54) is 19.1 Å². The van der Waals surface area contributed by atoms with E-state index in [0.29, 0.717) is 0 Å². The third-order valence-electron chi connectivity index (χ3n) is 2.92. The Kier molecular flexibility index (Phi) is 5.78. The van der Waals surface area contributed by atoms with Gasteiger partial charge >= 0.3 is 5.97 Å². The van der Waals surface area contributed by atoms with Crippen LogP contribution in [0.1, 0.15) is 19.8 Å². The van der Waals surface area contributed by atoms with Crippen molar-refractivity contribution in [3.63, 3.8) is 0 Å². The fourth-order valence-corrected chi connectivity index (χ4v) is 2.17. The minimum absolute atomic E-state index is 0.208. The first-order valence-corrected chi connectivity index (χ1v) is 7.77. The molecule has 0 saturated heterocycles. The number of ether oxygens (including phenoxy) is 2. The zero-order valence-electron chi connectivity index (χ0n) is 11.7. The normalized spacial score (nSPS) is 15.1. The van der Waals surface area contributed by atoms with Crippen molar-refractivity contribution in [2.75, 3.05) is 6.61 Å². The molecule has 0 bridgehead atoms. The van der Waals surface area contributed by atoms with Crippen LogP contribution in [0.4, 0.5) is 0 Å². The average molecular weight is 367 g/mol. The standard InChI is InChI=1S/C14H14Cl3NO4/c1-7(14(20)18-8-2-3-8)22-13(19)6-21-12-5-10(16)9(15)4-11(12)17/h4-5,7-8H,2-3,6H2,1H3,(H,18,20)/t7-/m1/s1. The van der Waals surface area contributed by atoms with Crippen LogP contribution >= 0.6 is 34.8 Å². The maximum atomic E-state index is 11.7. The minimum Gasteiger partial charge on any atom is -0.480 e. The van der Waals surface area contributed by atoms with E-state index in [2.05, 4.69) is 5.32 Å². The van der Waals surface area contributed by atoms with E-state index in [4.69, 9.17) is 44.3 Å². The summed E-state index contributed by atoms with van der Waals surface area (Å²) in [6, 6.07) is 3.03. The molecule has 1 aliphatic carbocycles. The van der Waals surface area contributed by atoms with Crippen LogP contribution in [0, 0.1) is 0 Å². The van der Waals surface area contributed by atoms with E-state index < -0.39 is 18.7 Å². The molecule has 0 radical (unpaired) electrons. The van der Waals surface area contributed by atoms with Gasteiger partial charge in [0.25, 0.3) is 5.91 Å². The number of benzene rings is 1. The van der Waals surface area contributed by atoms with Crippen molar-refractivity contribution in [3.05, 3.63) is 27.2 Å². The zero-order valence-corrected chi connectivity index (χ0v) is 14.0. The molecule has 5 nitrogen and oxygen atoms in total. The molecule has 2 rings (SSSR count). The third-order valence-corrected chi connectivity index (χ3v) is 3.94. The molecule has 22 heavy (non-hydrogen) atoms. The maximum Gasteiger partial charge on any atom is 0.344 e. The number of rotatable bonds is 6. The van der Waals surface area contributed by atoms with Gasteiger partial charge in [0, 0.05) is 12.1 Å². The number of carbonyl (C=O) groups excluding carboxylic acids is 2. The molecule has 8 heteroatoms. The third kappa shape index (κ3) is 4.93. The first-order valence-electron chi connectivity index (χ1n) is 6.64. The predicted molar refractivity (Wildman–Crippen MR) is 83.7 cm³/mol. The van der Waals surface area contributed by atoms with E-state index in [1.54, 1.807) is 0 Å². The highest BCUT2D eigenvalue weighted by molar-refractivity contribution is 6.43. The molecule has 1 N–H and O–H groups in total. The summed E-state index contributed by atoms with van der Waals surface area (Å²) < 4.78 is 10.2. The quantitative estimate of drug-likeness (QED) is 0.620. The van der Waals surface area contributed by atoms with Crippen LogP contribution in [0.3, 0.4) is 0 Å². The smallest absolute Gasteiger partial charge is 0.344 e. The molecule has 1 aromatic carbocycles. The lowest BCUT2D eigenvalue weighted by atomic mass is 10.3. The van der Waals surface area contributed by atoms with Crippen LogP contribution in [0.2, 0.25) is 15.1 Å². The summed E-state index contributed by atoms with van der Waals surface area (Å²) in [4.78, 5) is 23.3. The van der Waals surface area contributed by atoms with E-state index in [9.17, 15) is 9.59 Å². The van der Waals surface area contributed by atoms with Crippen molar-refractivity contribution in [2.24, 2.45) is 0 Å². The summed E-state index contributed by atoms with van der Waals surface area (Å²) >= 11 is 17.6. The van der Waals surface area contributed by atoms with Gasteiger partial charge in [0.15, 0.2) is 12.7 Å². The number of amides is 1. The molecule has 1 fully saturated rings. The highest BCUT2D eigenvalue weighted by Gasteiger charge is 2.27. The van der Waals surface area contributed by atoms with Gasteiger partial charge in [0.1, 0.15) is 5.75 Å². The van der Waals surface area contributed by atoms with Gasteiger partial charge in [-0.3, -0.25) is 4.79 Å². The highest BCUT2D eigenvalue weighted by Crippen LogP contribution is 2.33. The molecule has 0 heterocycles. The van der Waals surface area contributed by atoms with Crippen LogP contribution in [0.15, 0.2) is 12.1 Å². The van der Waals surface area contributed by atoms with Crippen LogP contribution in [-0.2, 0) is 14.3 Å². The molecule has 1 atom stereocenters. The second kappa shape index (κ2) is 7.40. The Labute approximate surface area is 142 Å². The monoisotopic (exact) mass is 365 g/mol. The zero-order chi connectivity index (χ0) is 16.3. The molecule has 0 aliphatic heterocycles. The fraction of sp³-hybridized carbons (Fsp3) is 0.429. The summed E-state index contributed by atoms with van der Waals surface area (Å²) in [6.07, 6.45) is 1.05. The van der Waals surface area contributed by atoms with E-state index in [0.717, 1.165) is 12.8 Å². The fourth-order valence-electron chi connectivity index (χ4n) is 1.58. The van der Waals surface area contributed by atoms with Gasteiger partial charge in [0.05, 0.1) is 15.1 Å². The van der Waals surface area contributed by atoms with E-state index in [1.807, 2.05) is 0 Å². The Hall–Kier alpha value is -1.17. The molecule has 0 aromatic heterocycles. The number of hydrogen-bond donors (Lipinski definition) is 1. The molecule has 0 unspecified atom stereocenters. The van der Waals surface area contributed by atoms with Crippen LogP contribution in [0.5, 0.6) is 5.75 Å². The Morgan fingerprint density at radius 1 is 1.23 bits per heavy atom. The van der Waals surface area contributed by atoms with Gasteiger partial charge in [-0.2, -0.15) is 0 Å². The summed E-state index contributed by atoms with van der Waals surface area (Å²) in [5.41, 5.74) is 0. The lowest BCUT2D eigenvalue weighted by molar-refractivity contribution is -0.156. The van der Waals surface area contributed by atoms with Gasteiger partial charge in [-0.05, 0) is 25.8 Å². The van der Waals surface area contributed by atoms with E-state index in [-0.39, 0.29) is 32.8 Å². The van der Waals surface area contributed by atoms with Gasteiger partial charge in [-0.1, -0.05) is 34.8 Å². The SMILES string of the molecule is C[C@@H](OC(=O)COc1cc(Cl)c(Cl)cc1Cl)C(=O)NC1CC1. The topological polar surface area (TPSA) is 64.6 Å². The summed E-state index contributed by atoms with van der Waals surface area (Å²) in [5, 5.41) is 3.51. The molecule has 1 amide bonds. The summed E-state index contributed by atoms with van der Waals surface area (Å²) in [6.45, 7) is 1.11. The predicted octanol–water partition coefficient (Wildman–Crippen LogP) is 3.24. The van der Waals surface area contributed by atoms with Crippen molar-refractivity contribution in [1.29, 1.82) is 0 Å². The van der Waals surface area contributed by atoms with E-state index >= 15 is 0 Å². The van der Waals surface area contributed by atoms with Crippen LogP contribution < -0.4 is 10.1 Å². The second-order valence-electron chi connectivity index (χ2n) is 4.90. The number of nitrogens with one attached hydrogen (secondary N) is 1. The Bertz CT molecular complexity index is 590. The van der Waals surface area contributed by atoms with Crippen molar-refractivity contribution < 1.29 is 19.1 Å². The lowest BCUT2D eigenvalue weighted by Gasteiger charge is -2.14. The van der Waals surface area contributed by atoms with Gasteiger partial charge in [-0.15, -0.1) is 0 Å². The Morgan fingerprint density at radius 3 is 2.50 bits per heavy atom. The molecular formula is C14H14Cl3NO4. The summed E-state index contributed by atoms with van der Waals surface area (Å²) in [7, 11) is 0. The molecule has 1 saturated carbocycles. The number of hydrogen-bond acceptors (Lipinski definition) is 4. The van der Waals surface area contributed by atoms with Crippen molar-refractivity contribution in [2.45, 2.75) is 31.9 Å². The number of halogens is 3. The molecular weight excluding hydrogens is 353 g/mol. The lowest BCUT2D eigenvalue weighted by Crippen LogP contribution is -2.37. The van der Waals surface area contributed by atoms with Crippen LogP contribution in [0.25, 0.3) is 0 Å². The Balaban J connectivity index is 1.82. The van der Waals surface area contributed by atoms with Crippen LogP contribution in [-0.4, -0.2) is 30.6 Å². The minimum atomic E-state index is -0.874. The maximum absolute atomic E-state index is 11.7.